The number of hydrogen-bond donors (Lipinski definition) is 1. The molecule has 1 saturated carbocycles. The first-order valence-electron chi connectivity index (χ1n) is 13.1. The van der Waals surface area contributed by atoms with Gasteiger partial charge in [-0.3, -0.25) is 9.20 Å². The lowest BCUT2D eigenvalue weighted by atomic mass is 10.0. The monoisotopic (exact) mass is 558 g/mol. The maximum absolute atomic E-state index is 13.3. The molecular weight excluding hydrogens is 526 g/mol. The number of carbonyl (C=O) groups excluding carboxylic acids is 2. The Kier molecular flexibility index (Phi) is 7.43. The van der Waals surface area contributed by atoms with E-state index in [1.54, 1.807) is 39.9 Å². The second-order valence-corrected chi connectivity index (χ2v) is 11.0. The standard InChI is InChI=1S/C28H32F2N4O6/c1-28(2,3)40-27(36)33-13-16(14-33)15-38-19-7-8-34-20(12-31-23(34)11-19)17-9-21(37-4)24(22(10-17)39-26(29)30)25(35)32-18-5-6-18/h7-12,16,18,26H,5-6,13-15H2,1-4H3,(H,32,35). The van der Waals surface area contributed by atoms with Crippen molar-refractivity contribution in [2.45, 2.75) is 51.9 Å². The molecule has 2 fully saturated rings. The Bertz CT molecular complexity index is 1410. The van der Waals surface area contributed by atoms with Crippen LogP contribution >= 0.6 is 0 Å². The molecule has 1 N–H and O–H groups in total. The summed E-state index contributed by atoms with van der Waals surface area (Å²) in [5.41, 5.74) is 1.02. The normalized spacial score (nSPS) is 15.6. The first kappa shape index (κ1) is 27.5. The molecular formula is C28H32F2N4O6. The summed E-state index contributed by atoms with van der Waals surface area (Å²) in [6.45, 7) is 3.92. The van der Waals surface area contributed by atoms with Crippen LogP contribution in [0.25, 0.3) is 16.9 Å². The van der Waals surface area contributed by atoms with Gasteiger partial charge in [0.1, 0.15) is 34.1 Å². The van der Waals surface area contributed by atoms with Gasteiger partial charge in [-0.2, -0.15) is 8.78 Å². The van der Waals surface area contributed by atoms with Crippen LogP contribution in [0.3, 0.4) is 0 Å². The summed E-state index contributed by atoms with van der Waals surface area (Å²) < 4.78 is 49.8. The lowest BCUT2D eigenvalue weighted by molar-refractivity contribution is -0.0502. The summed E-state index contributed by atoms with van der Waals surface area (Å²) in [5.74, 6) is 0.102. The molecule has 10 nitrogen and oxygen atoms in total. The van der Waals surface area contributed by atoms with Crippen LogP contribution in [0.15, 0.2) is 36.7 Å². The second kappa shape index (κ2) is 10.8. The molecule has 40 heavy (non-hydrogen) atoms. The number of amides is 2. The molecule has 3 heterocycles. The Hall–Kier alpha value is -4.09. The third kappa shape index (κ3) is 6.21. The van der Waals surface area contributed by atoms with E-state index in [-0.39, 0.29) is 35.1 Å². The van der Waals surface area contributed by atoms with Gasteiger partial charge in [-0.1, -0.05) is 0 Å². The Balaban J connectivity index is 1.30. The Labute approximate surface area is 230 Å². The van der Waals surface area contributed by atoms with Crippen molar-refractivity contribution in [2.75, 3.05) is 26.8 Å². The minimum absolute atomic E-state index is 0.0275. The number of likely N-dealkylation sites (tertiary alicyclic amines) is 1. The molecule has 1 saturated heterocycles. The number of carbonyl (C=O) groups is 2. The molecule has 3 aromatic rings. The second-order valence-electron chi connectivity index (χ2n) is 11.0. The van der Waals surface area contributed by atoms with Crippen molar-refractivity contribution in [1.29, 1.82) is 0 Å². The molecule has 5 rings (SSSR count). The zero-order chi connectivity index (χ0) is 28.6. The van der Waals surface area contributed by atoms with E-state index in [1.807, 2.05) is 20.8 Å². The van der Waals surface area contributed by atoms with Crippen LogP contribution in [0.2, 0.25) is 0 Å². The molecule has 0 unspecified atom stereocenters. The molecule has 0 atom stereocenters. The molecule has 2 aliphatic rings. The van der Waals surface area contributed by atoms with Crippen LogP contribution in [0.1, 0.15) is 44.0 Å². The van der Waals surface area contributed by atoms with Crippen molar-refractivity contribution in [3.63, 3.8) is 0 Å². The van der Waals surface area contributed by atoms with E-state index in [2.05, 4.69) is 10.3 Å². The molecule has 214 valence electrons. The lowest BCUT2D eigenvalue weighted by Crippen LogP contribution is -2.53. The summed E-state index contributed by atoms with van der Waals surface area (Å²) in [5, 5.41) is 2.79. The number of ether oxygens (including phenoxy) is 4. The van der Waals surface area contributed by atoms with Gasteiger partial charge in [0.05, 0.1) is 25.6 Å². The van der Waals surface area contributed by atoms with Crippen LogP contribution in [0.5, 0.6) is 17.2 Å². The first-order valence-corrected chi connectivity index (χ1v) is 13.1. The fourth-order valence-electron chi connectivity index (χ4n) is 4.43. The van der Waals surface area contributed by atoms with E-state index in [1.165, 1.54) is 13.2 Å². The summed E-state index contributed by atoms with van der Waals surface area (Å²) in [6, 6.07) is 6.55. The molecule has 2 aromatic heterocycles. The van der Waals surface area contributed by atoms with Crippen molar-refractivity contribution in [1.82, 2.24) is 19.6 Å². The molecule has 0 radical (unpaired) electrons. The van der Waals surface area contributed by atoms with Crippen molar-refractivity contribution >= 4 is 17.6 Å². The van der Waals surface area contributed by atoms with Crippen LogP contribution in [-0.2, 0) is 4.74 Å². The predicted molar refractivity (Wildman–Crippen MR) is 141 cm³/mol. The predicted octanol–water partition coefficient (Wildman–Crippen LogP) is 4.75. The molecule has 2 amide bonds. The number of halogens is 2. The van der Waals surface area contributed by atoms with E-state index in [0.717, 1.165) is 12.8 Å². The number of hydrogen-bond acceptors (Lipinski definition) is 7. The number of aromatic nitrogens is 2. The quantitative estimate of drug-likeness (QED) is 0.404. The van der Waals surface area contributed by atoms with Crippen molar-refractivity contribution in [2.24, 2.45) is 5.92 Å². The highest BCUT2D eigenvalue weighted by molar-refractivity contribution is 6.01. The maximum atomic E-state index is 13.3. The Morgan fingerprint density at radius 2 is 1.88 bits per heavy atom. The zero-order valence-corrected chi connectivity index (χ0v) is 22.8. The van der Waals surface area contributed by atoms with Crippen LogP contribution in [0, 0.1) is 5.92 Å². The van der Waals surface area contributed by atoms with Gasteiger partial charge in [-0.25, -0.2) is 9.78 Å². The van der Waals surface area contributed by atoms with Gasteiger partial charge in [0.2, 0.25) is 0 Å². The molecule has 1 aliphatic heterocycles. The van der Waals surface area contributed by atoms with Gasteiger partial charge in [-0.05, 0) is 51.8 Å². The minimum atomic E-state index is -3.12. The SMILES string of the molecule is COc1cc(-c2cnc3cc(OCC4CN(C(=O)OC(C)(C)C)C4)ccn23)cc(OC(F)F)c1C(=O)NC1CC1. The van der Waals surface area contributed by atoms with E-state index in [0.29, 0.717) is 42.4 Å². The van der Waals surface area contributed by atoms with Crippen LogP contribution in [-0.4, -0.2) is 71.3 Å². The average Bonchev–Trinajstić information content (AvgIpc) is 3.56. The molecule has 0 bridgehead atoms. The highest BCUT2D eigenvalue weighted by Gasteiger charge is 2.34. The van der Waals surface area contributed by atoms with Gasteiger partial charge in [0.25, 0.3) is 5.91 Å². The number of alkyl halides is 2. The first-order chi connectivity index (χ1) is 19.0. The molecule has 12 heteroatoms. The topological polar surface area (TPSA) is 104 Å². The van der Waals surface area contributed by atoms with Gasteiger partial charge in [0, 0.05) is 42.9 Å². The summed E-state index contributed by atoms with van der Waals surface area (Å²) >= 11 is 0. The Morgan fingerprint density at radius 3 is 2.52 bits per heavy atom. The highest BCUT2D eigenvalue weighted by atomic mass is 19.3. The van der Waals surface area contributed by atoms with E-state index < -0.39 is 18.1 Å². The highest BCUT2D eigenvalue weighted by Crippen LogP contribution is 2.37. The molecule has 1 aromatic carbocycles. The summed E-state index contributed by atoms with van der Waals surface area (Å²) in [7, 11) is 1.37. The summed E-state index contributed by atoms with van der Waals surface area (Å²) in [6.07, 6.45) is 4.71. The molecule has 1 aliphatic carbocycles. The van der Waals surface area contributed by atoms with Gasteiger partial charge >= 0.3 is 12.7 Å². The van der Waals surface area contributed by atoms with E-state index in [9.17, 15) is 18.4 Å². The number of pyridine rings is 1. The maximum Gasteiger partial charge on any atom is 0.410 e. The fourth-order valence-corrected chi connectivity index (χ4v) is 4.43. The lowest BCUT2D eigenvalue weighted by Gasteiger charge is -2.39. The Morgan fingerprint density at radius 1 is 1.15 bits per heavy atom. The number of fused-ring (bicyclic) bond motifs is 1. The van der Waals surface area contributed by atoms with Crippen LogP contribution in [0.4, 0.5) is 13.6 Å². The van der Waals surface area contributed by atoms with E-state index >= 15 is 0 Å². The largest absolute Gasteiger partial charge is 0.496 e. The number of nitrogens with one attached hydrogen (secondary N) is 1. The van der Waals surface area contributed by atoms with E-state index in [4.69, 9.17) is 18.9 Å². The molecule has 0 spiro atoms. The third-order valence-corrected chi connectivity index (χ3v) is 6.52. The number of methoxy groups -OCH3 is 1. The van der Waals surface area contributed by atoms with Gasteiger partial charge in [-0.15, -0.1) is 0 Å². The van der Waals surface area contributed by atoms with Crippen molar-refractivity contribution < 1.29 is 37.3 Å². The number of nitrogens with zero attached hydrogens (tertiary/aromatic N) is 3. The zero-order valence-electron chi connectivity index (χ0n) is 22.8. The number of benzene rings is 1. The van der Waals surface area contributed by atoms with Crippen LogP contribution < -0.4 is 19.5 Å². The van der Waals surface area contributed by atoms with Crippen molar-refractivity contribution in [3.05, 3.63) is 42.2 Å². The summed E-state index contributed by atoms with van der Waals surface area (Å²) in [4.78, 5) is 31.0. The number of rotatable bonds is 9. The van der Waals surface area contributed by atoms with Gasteiger partial charge in [0.15, 0.2) is 0 Å². The van der Waals surface area contributed by atoms with Gasteiger partial charge < -0.3 is 29.2 Å². The fraction of sp³-hybridized carbons (Fsp3) is 0.464. The third-order valence-electron chi connectivity index (χ3n) is 6.52. The number of imidazole rings is 1. The minimum Gasteiger partial charge on any atom is -0.496 e. The average molecular weight is 559 g/mol. The van der Waals surface area contributed by atoms with Crippen molar-refractivity contribution in [3.8, 4) is 28.5 Å². The smallest absolute Gasteiger partial charge is 0.410 e.